The van der Waals surface area contributed by atoms with Crippen molar-refractivity contribution in [3.63, 3.8) is 0 Å². The molecule has 1 N–H and O–H groups in total. The van der Waals surface area contributed by atoms with Gasteiger partial charge in [-0.2, -0.15) is 5.26 Å². The average Bonchev–Trinajstić information content (AvgIpc) is 3.22. The van der Waals surface area contributed by atoms with Crippen LogP contribution in [0, 0.1) is 11.3 Å². The SMILES string of the molecule is C=CCC(NC(=O)C(Oc1ccc(Cl)nc1Cl)C(C#N)OC)c1ccc2c(c1)OCO2. The Morgan fingerprint density at radius 2 is 2.13 bits per heavy atom. The van der Waals surface area contributed by atoms with Crippen LogP contribution in [0.2, 0.25) is 10.3 Å². The number of halogens is 2. The maximum atomic E-state index is 13.1. The van der Waals surface area contributed by atoms with E-state index in [1.165, 1.54) is 19.2 Å². The van der Waals surface area contributed by atoms with Crippen LogP contribution in [0.15, 0.2) is 43.0 Å². The molecule has 1 aliphatic rings. The van der Waals surface area contributed by atoms with Gasteiger partial charge in [-0.25, -0.2) is 4.98 Å². The van der Waals surface area contributed by atoms with Crippen molar-refractivity contribution >= 4 is 29.1 Å². The standard InChI is InChI=1S/C21H19Cl2N3O5/c1-3-4-13(12-5-6-14-16(9-12)30-11-29-14)25-21(27)19(17(10-24)28-2)31-15-7-8-18(22)26-20(15)23/h3,5-9,13,17,19H,1,4,11H2,2H3,(H,25,27). The zero-order valence-corrected chi connectivity index (χ0v) is 18.0. The van der Waals surface area contributed by atoms with E-state index in [0.717, 1.165) is 5.56 Å². The fourth-order valence-electron chi connectivity index (χ4n) is 2.95. The zero-order chi connectivity index (χ0) is 22.4. The fourth-order valence-corrected chi connectivity index (χ4v) is 3.34. The van der Waals surface area contributed by atoms with Gasteiger partial charge in [0.15, 0.2) is 28.5 Å². The van der Waals surface area contributed by atoms with Crippen molar-refractivity contribution in [3.05, 3.63) is 58.9 Å². The third kappa shape index (κ3) is 5.39. The third-order valence-corrected chi connectivity index (χ3v) is 4.95. The van der Waals surface area contributed by atoms with Gasteiger partial charge >= 0.3 is 0 Å². The fraction of sp³-hybridized carbons (Fsp3) is 0.286. The summed E-state index contributed by atoms with van der Waals surface area (Å²) in [4.78, 5) is 17.0. The molecule has 8 nitrogen and oxygen atoms in total. The third-order valence-electron chi connectivity index (χ3n) is 4.47. The first kappa shape index (κ1) is 22.7. The van der Waals surface area contributed by atoms with Gasteiger partial charge in [0.05, 0.1) is 12.1 Å². The smallest absolute Gasteiger partial charge is 0.265 e. The van der Waals surface area contributed by atoms with Gasteiger partial charge in [-0.15, -0.1) is 6.58 Å². The van der Waals surface area contributed by atoms with E-state index in [1.54, 1.807) is 18.2 Å². The number of carbonyl (C=O) groups excluding carboxylic acids is 1. The zero-order valence-electron chi connectivity index (χ0n) is 16.5. The number of nitriles is 1. The van der Waals surface area contributed by atoms with Gasteiger partial charge in [0.1, 0.15) is 5.15 Å². The van der Waals surface area contributed by atoms with Gasteiger partial charge in [0, 0.05) is 7.11 Å². The number of hydrogen-bond acceptors (Lipinski definition) is 7. The molecule has 162 valence electrons. The lowest BCUT2D eigenvalue weighted by Gasteiger charge is -2.25. The van der Waals surface area contributed by atoms with Crippen molar-refractivity contribution in [3.8, 4) is 23.3 Å². The van der Waals surface area contributed by atoms with Gasteiger partial charge in [-0.05, 0) is 36.2 Å². The van der Waals surface area contributed by atoms with E-state index in [2.05, 4.69) is 16.9 Å². The number of carbonyl (C=O) groups is 1. The van der Waals surface area contributed by atoms with E-state index < -0.39 is 24.2 Å². The highest BCUT2D eigenvalue weighted by Crippen LogP contribution is 2.35. The molecule has 3 unspecified atom stereocenters. The van der Waals surface area contributed by atoms with Crippen molar-refractivity contribution in [1.82, 2.24) is 10.3 Å². The number of pyridine rings is 1. The second-order valence-corrected chi connectivity index (χ2v) is 7.19. The van der Waals surface area contributed by atoms with Crippen LogP contribution in [-0.4, -0.2) is 37.0 Å². The minimum Gasteiger partial charge on any atom is -0.473 e. The van der Waals surface area contributed by atoms with E-state index in [1.807, 2.05) is 12.1 Å². The number of aromatic nitrogens is 1. The second-order valence-electron chi connectivity index (χ2n) is 6.45. The Hall–Kier alpha value is -2.99. The normalized spacial score (nSPS) is 14.8. The van der Waals surface area contributed by atoms with Crippen LogP contribution in [0.5, 0.6) is 17.2 Å². The first-order valence-corrected chi connectivity index (χ1v) is 9.94. The van der Waals surface area contributed by atoms with E-state index in [9.17, 15) is 10.1 Å². The summed E-state index contributed by atoms with van der Waals surface area (Å²) in [5.74, 6) is 0.720. The molecule has 3 rings (SSSR count). The number of ether oxygens (including phenoxy) is 4. The molecule has 0 saturated heterocycles. The molecule has 3 atom stereocenters. The summed E-state index contributed by atoms with van der Waals surface area (Å²) >= 11 is 11.9. The molecule has 2 heterocycles. The largest absolute Gasteiger partial charge is 0.473 e. The Morgan fingerprint density at radius 3 is 2.81 bits per heavy atom. The Bertz CT molecular complexity index is 1010. The van der Waals surface area contributed by atoms with E-state index in [4.69, 9.17) is 42.1 Å². The number of fused-ring (bicyclic) bond motifs is 1. The van der Waals surface area contributed by atoms with Gasteiger partial charge in [0.2, 0.25) is 12.9 Å². The van der Waals surface area contributed by atoms with Crippen LogP contribution < -0.4 is 19.5 Å². The molecule has 10 heteroatoms. The lowest BCUT2D eigenvalue weighted by molar-refractivity contribution is -0.133. The minimum absolute atomic E-state index is 0.0449. The summed E-state index contributed by atoms with van der Waals surface area (Å²) in [6.07, 6.45) is -0.431. The lowest BCUT2D eigenvalue weighted by Crippen LogP contribution is -2.47. The molecule has 1 amide bonds. The molecule has 1 aliphatic heterocycles. The maximum Gasteiger partial charge on any atom is 0.265 e. The quantitative estimate of drug-likeness (QED) is 0.444. The number of hydrogen-bond donors (Lipinski definition) is 1. The van der Waals surface area contributed by atoms with Crippen LogP contribution in [0.4, 0.5) is 0 Å². The minimum atomic E-state index is -1.32. The number of amides is 1. The summed E-state index contributed by atoms with van der Waals surface area (Å²) in [7, 11) is 1.30. The predicted molar refractivity (Wildman–Crippen MR) is 113 cm³/mol. The van der Waals surface area contributed by atoms with E-state index >= 15 is 0 Å². The van der Waals surface area contributed by atoms with Crippen LogP contribution >= 0.6 is 23.2 Å². The summed E-state index contributed by atoms with van der Waals surface area (Å²) in [6.45, 7) is 3.89. The van der Waals surface area contributed by atoms with E-state index in [0.29, 0.717) is 17.9 Å². The molecule has 0 bridgehead atoms. The van der Waals surface area contributed by atoms with Crippen molar-refractivity contribution in [2.45, 2.75) is 24.7 Å². The highest BCUT2D eigenvalue weighted by atomic mass is 35.5. The monoisotopic (exact) mass is 463 g/mol. The summed E-state index contributed by atoms with van der Waals surface area (Å²) in [6, 6.07) is 9.73. The van der Waals surface area contributed by atoms with Crippen molar-refractivity contribution in [1.29, 1.82) is 5.26 Å². The highest BCUT2D eigenvalue weighted by molar-refractivity contribution is 6.33. The highest BCUT2D eigenvalue weighted by Gasteiger charge is 2.33. The first-order chi connectivity index (χ1) is 15.0. The molecule has 0 saturated carbocycles. The summed E-state index contributed by atoms with van der Waals surface area (Å²) < 4.78 is 21.6. The molecular weight excluding hydrogens is 445 g/mol. The molecule has 0 radical (unpaired) electrons. The number of benzene rings is 1. The summed E-state index contributed by atoms with van der Waals surface area (Å²) in [5.41, 5.74) is 0.772. The number of nitrogens with zero attached hydrogens (tertiary/aromatic N) is 2. The Morgan fingerprint density at radius 1 is 1.35 bits per heavy atom. The lowest BCUT2D eigenvalue weighted by atomic mass is 10.0. The predicted octanol–water partition coefficient (Wildman–Crippen LogP) is 3.84. The molecule has 1 aromatic heterocycles. The van der Waals surface area contributed by atoms with Gasteiger partial charge in [-0.3, -0.25) is 4.79 Å². The average molecular weight is 464 g/mol. The van der Waals surface area contributed by atoms with Crippen LogP contribution in [0.3, 0.4) is 0 Å². The number of nitrogens with one attached hydrogen (secondary N) is 1. The van der Waals surface area contributed by atoms with Gasteiger partial charge < -0.3 is 24.3 Å². The Labute approximate surface area is 189 Å². The first-order valence-electron chi connectivity index (χ1n) is 9.18. The molecule has 0 aliphatic carbocycles. The van der Waals surface area contributed by atoms with Crippen LogP contribution in [-0.2, 0) is 9.53 Å². The Kier molecular flexibility index (Phi) is 7.58. The summed E-state index contributed by atoms with van der Waals surface area (Å²) in [5, 5.41) is 12.4. The van der Waals surface area contributed by atoms with Crippen molar-refractivity contribution < 1.29 is 23.7 Å². The maximum absolute atomic E-state index is 13.1. The van der Waals surface area contributed by atoms with Crippen molar-refractivity contribution in [2.24, 2.45) is 0 Å². The number of methoxy groups -OCH3 is 1. The molecule has 31 heavy (non-hydrogen) atoms. The molecule has 0 spiro atoms. The molecule has 0 fully saturated rings. The van der Waals surface area contributed by atoms with Crippen LogP contribution in [0.1, 0.15) is 18.0 Å². The van der Waals surface area contributed by atoms with E-state index in [-0.39, 0.29) is 22.8 Å². The number of rotatable bonds is 9. The van der Waals surface area contributed by atoms with Gasteiger partial charge in [0.25, 0.3) is 5.91 Å². The van der Waals surface area contributed by atoms with Crippen molar-refractivity contribution in [2.75, 3.05) is 13.9 Å². The Balaban J connectivity index is 1.84. The van der Waals surface area contributed by atoms with Gasteiger partial charge in [-0.1, -0.05) is 35.3 Å². The molecular formula is C21H19Cl2N3O5. The molecule has 1 aromatic carbocycles. The second kappa shape index (κ2) is 10.4. The van der Waals surface area contributed by atoms with Crippen LogP contribution in [0.25, 0.3) is 0 Å². The topological polar surface area (TPSA) is 103 Å². The molecule has 2 aromatic rings.